The maximum absolute atomic E-state index is 12.1. The molecule has 0 spiro atoms. The number of aryl methyl sites for hydroxylation is 3. The molecule has 0 unspecified atom stereocenters. The van der Waals surface area contributed by atoms with Gasteiger partial charge >= 0.3 is 17.9 Å². The zero-order valence-electron chi connectivity index (χ0n) is 26.0. The van der Waals surface area contributed by atoms with Crippen molar-refractivity contribution in [2.24, 2.45) is 11.7 Å². The van der Waals surface area contributed by atoms with E-state index in [9.17, 15) is 19.2 Å². The number of carboxylic acid groups (broad SMARTS) is 2. The number of anilines is 1. The van der Waals surface area contributed by atoms with Crippen LogP contribution in [0.15, 0.2) is 72.8 Å². The highest BCUT2D eigenvalue weighted by molar-refractivity contribution is 5.96. The molecule has 12 nitrogen and oxygen atoms in total. The van der Waals surface area contributed by atoms with Crippen LogP contribution in [0.5, 0.6) is 0 Å². The van der Waals surface area contributed by atoms with E-state index in [2.05, 4.69) is 10.2 Å². The van der Waals surface area contributed by atoms with Crippen LogP contribution in [0.2, 0.25) is 0 Å². The number of carbonyl (C=O) groups is 4. The molecule has 1 aromatic heterocycles. The first-order chi connectivity index (χ1) is 21.8. The highest BCUT2D eigenvalue weighted by Gasteiger charge is 2.37. The number of nitrogens with two attached hydrogens (primary N) is 2. The standard InChI is InChI=1S/C18H22N4O4.2C8H8O2/c1-9-3-5-11(6-4-9)18(24)25-8-12-7-10(2)16(26-12)14-13(19)15(17(20)23)22-21-14;2*1-6-2-4-7(5-3-6)8(9)10/h3-6,10,12,16H,7-8,19H2,1-2H3,(H2,20,23)(H,21,22);2*2-5H,1H3,(H,9,10)/t10-,12-,16+;;/m0../s1. The fourth-order valence-electron chi connectivity index (χ4n) is 4.50. The van der Waals surface area contributed by atoms with Crippen molar-refractivity contribution in [3.05, 3.63) is 118 Å². The van der Waals surface area contributed by atoms with E-state index in [1.165, 1.54) is 0 Å². The molecule has 0 radical (unpaired) electrons. The van der Waals surface area contributed by atoms with Crippen molar-refractivity contribution in [3.8, 4) is 0 Å². The number of carboxylic acids is 2. The SMILES string of the molecule is Cc1ccc(C(=O)O)cc1.Cc1ccc(C(=O)O)cc1.Cc1ccc(C(=O)OC[C@@H]2C[C@H](C)[C@H](c3[nH]nc(C(N)=O)c3N)O2)cc1. The predicted molar refractivity (Wildman–Crippen MR) is 171 cm³/mol. The van der Waals surface area contributed by atoms with Crippen molar-refractivity contribution in [2.45, 2.75) is 46.3 Å². The lowest BCUT2D eigenvalue weighted by Gasteiger charge is -2.15. The van der Waals surface area contributed by atoms with Crippen LogP contribution >= 0.6 is 0 Å². The quantitative estimate of drug-likeness (QED) is 0.170. The van der Waals surface area contributed by atoms with E-state index < -0.39 is 17.8 Å². The third kappa shape index (κ3) is 9.76. The first-order valence-electron chi connectivity index (χ1n) is 14.4. The van der Waals surface area contributed by atoms with Crippen LogP contribution in [0.3, 0.4) is 0 Å². The number of esters is 1. The molecule has 1 amide bonds. The van der Waals surface area contributed by atoms with Crippen molar-refractivity contribution in [3.63, 3.8) is 0 Å². The number of ether oxygens (including phenoxy) is 2. The van der Waals surface area contributed by atoms with Gasteiger partial charge in [-0.3, -0.25) is 9.89 Å². The van der Waals surface area contributed by atoms with Gasteiger partial charge in [-0.15, -0.1) is 0 Å². The molecular weight excluding hydrogens is 592 g/mol. The molecule has 46 heavy (non-hydrogen) atoms. The van der Waals surface area contributed by atoms with Gasteiger partial charge in [0.05, 0.1) is 34.2 Å². The molecule has 7 N–H and O–H groups in total. The van der Waals surface area contributed by atoms with Crippen molar-refractivity contribution >= 4 is 29.5 Å². The number of nitrogens with zero attached hydrogens (tertiary/aromatic N) is 1. The van der Waals surface area contributed by atoms with Crippen LogP contribution in [-0.4, -0.2) is 56.9 Å². The second-order valence-electron chi connectivity index (χ2n) is 11.0. The van der Waals surface area contributed by atoms with Crippen molar-refractivity contribution in [2.75, 3.05) is 12.3 Å². The summed E-state index contributed by atoms with van der Waals surface area (Å²) >= 11 is 0. The minimum Gasteiger partial charge on any atom is -0.478 e. The van der Waals surface area contributed by atoms with Crippen LogP contribution < -0.4 is 11.5 Å². The zero-order valence-corrected chi connectivity index (χ0v) is 26.0. The molecule has 0 bridgehead atoms. The Morgan fingerprint density at radius 2 is 1.26 bits per heavy atom. The maximum atomic E-state index is 12.1. The molecule has 2 heterocycles. The van der Waals surface area contributed by atoms with Crippen molar-refractivity contribution < 1.29 is 38.9 Å². The number of aromatic amines is 1. The van der Waals surface area contributed by atoms with Crippen LogP contribution in [0.25, 0.3) is 0 Å². The van der Waals surface area contributed by atoms with Gasteiger partial charge in [0.15, 0.2) is 5.69 Å². The van der Waals surface area contributed by atoms with Crippen LogP contribution in [0.1, 0.15) is 83.4 Å². The monoisotopic (exact) mass is 630 g/mol. The third-order valence-electron chi connectivity index (χ3n) is 7.13. The number of carbonyl (C=O) groups excluding carboxylic acids is 2. The molecule has 1 saturated heterocycles. The molecule has 1 aliphatic rings. The number of benzene rings is 3. The van der Waals surface area contributed by atoms with Crippen molar-refractivity contribution in [1.82, 2.24) is 10.2 Å². The van der Waals surface area contributed by atoms with Gasteiger partial charge in [-0.25, -0.2) is 14.4 Å². The van der Waals surface area contributed by atoms with E-state index in [0.29, 0.717) is 28.8 Å². The molecule has 0 aliphatic carbocycles. The summed E-state index contributed by atoms with van der Waals surface area (Å²) in [5.74, 6) is -2.72. The van der Waals surface area contributed by atoms with Crippen LogP contribution in [0.4, 0.5) is 5.69 Å². The van der Waals surface area contributed by atoms with Gasteiger partial charge < -0.3 is 31.2 Å². The van der Waals surface area contributed by atoms with E-state index in [0.717, 1.165) is 16.7 Å². The average Bonchev–Trinajstić information content (AvgIpc) is 3.58. The first kappa shape index (κ1) is 35.0. The van der Waals surface area contributed by atoms with E-state index in [1.54, 1.807) is 60.7 Å². The smallest absolute Gasteiger partial charge is 0.338 e. The van der Waals surface area contributed by atoms with Crippen LogP contribution in [-0.2, 0) is 9.47 Å². The molecule has 242 valence electrons. The van der Waals surface area contributed by atoms with Gasteiger partial charge in [0, 0.05) is 0 Å². The van der Waals surface area contributed by atoms with E-state index >= 15 is 0 Å². The lowest BCUT2D eigenvalue weighted by atomic mass is 9.98. The molecule has 3 aromatic carbocycles. The summed E-state index contributed by atoms with van der Waals surface area (Å²) in [6.07, 6.45) is 0.0683. The number of amides is 1. The summed E-state index contributed by atoms with van der Waals surface area (Å²) < 4.78 is 11.3. The second-order valence-corrected chi connectivity index (χ2v) is 11.0. The molecule has 12 heteroatoms. The zero-order chi connectivity index (χ0) is 34.0. The largest absolute Gasteiger partial charge is 0.478 e. The lowest BCUT2D eigenvalue weighted by molar-refractivity contribution is -0.0125. The number of hydrogen-bond donors (Lipinski definition) is 5. The summed E-state index contributed by atoms with van der Waals surface area (Å²) in [4.78, 5) is 44.0. The minimum absolute atomic E-state index is 0.00467. The molecule has 5 rings (SSSR count). The third-order valence-corrected chi connectivity index (χ3v) is 7.13. The van der Waals surface area contributed by atoms with E-state index in [-0.39, 0.29) is 42.1 Å². The molecule has 4 aromatic rings. The van der Waals surface area contributed by atoms with Gasteiger partial charge in [-0.1, -0.05) is 60.0 Å². The summed E-state index contributed by atoms with van der Waals surface area (Å²) in [7, 11) is 0. The van der Waals surface area contributed by atoms with E-state index in [1.807, 2.05) is 39.8 Å². The van der Waals surface area contributed by atoms with Gasteiger partial charge in [-0.05, 0) is 69.5 Å². The summed E-state index contributed by atoms with van der Waals surface area (Å²) in [6.45, 7) is 7.94. The maximum Gasteiger partial charge on any atom is 0.338 e. The summed E-state index contributed by atoms with van der Waals surface area (Å²) in [5, 5.41) is 23.5. The van der Waals surface area contributed by atoms with Gasteiger partial charge in [0.25, 0.3) is 5.91 Å². The number of nitrogens with one attached hydrogen (secondary N) is 1. The molecular formula is C34H38N4O8. The molecule has 3 atom stereocenters. The first-order valence-corrected chi connectivity index (χ1v) is 14.4. The number of nitrogen functional groups attached to an aromatic ring is 1. The summed E-state index contributed by atoms with van der Waals surface area (Å²) in [5.41, 5.74) is 16.3. The van der Waals surface area contributed by atoms with Crippen LogP contribution in [0, 0.1) is 26.7 Å². The van der Waals surface area contributed by atoms with Gasteiger partial charge in [0.1, 0.15) is 12.7 Å². The second kappa shape index (κ2) is 16.0. The fourth-order valence-corrected chi connectivity index (χ4v) is 4.50. The Balaban J connectivity index is 0.000000235. The molecule has 1 fully saturated rings. The normalized spacial score (nSPS) is 16.7. The Labute approximate surface area is 266 Å². The highest BCUT2D eigenvalue weighted by Crippen LogP contribution is 2.39. The number of rotatable bonds is 7. The highest BCUT2D eigenvalue weighted by atomic mass is 16.6. The number of H-pyrrole nitrogens is 1. The van der Waals surface area contributed by atoms with E-state index in [4.69, 9.17) is 31.2 Å². The number of primary amides is 1. The molecule has 0 saturated carbocycles. The Morgan fingerprint density at radius 1 is 0.826 bits per heavy atom. The summed E-state index contributed by atoms with van der Waals surface area (Å²) in [6, 6.07) is 20.7. The Kier molecular flexibility index (Phi) is 12.2. The number of aromatic nitrogens is 2. The number of aromatic carboxylic acids is 2. The Bertz CT molecular complexity index is 1590. The Morgan fingerprint density at radius 3 is 1.65 bits per heavy atom. The fraction of sp³-hybridized carbons (Fsp3) is 0.265. The Hall–Kier alpha value is -5.49. The predicted octanol–water partition coefficient (Wildman–Crippen LogP) is 5.11. The average molecular weight is 631 g/mol. The lowest BCUT2D eigenvalue weighted by Crippen LogP contribution is -2.18. The number of hydrogen-bond acceptors (Lipinski definition) is 8. The van der Waals surface area contributed by atoms with Gasteiger partial charge in [0.2, 0.25) is 0 Å². The van der Waals surface area contributed by atoms with Crippen molar-refractivity contribution in [1.29, 1.82) is 0 Å². The molecule has 1 aliphatic heterocycles. The minimum atomic E-state index is -0.875. The topological polar surface area (TPSA) is 208 Å². The van der Waals surface area contributed by atoms with Gasteiger partial charge in [-0.2, -0.15) is 5.10 Å².